The minimum atomic E-state index is -2.14. The lowest BCUT2D eigenvalue weighted by Gasteiger charge is -2.68. The summed E-state index contributed by atoms with van der Waals surface area (Å²) >= 11 is 0. The zero-order valence-electron chi connectivity index (χ0n) is 22.4. The van der Waals surface area contributed by atoms with E-state index in [4.69, 9.17) is 18.9 Å². The number of esters is 3. The van der Waals surface area contributed by atoms with Gasteiger partial charge in [-0.15, -0.1) is 0 Å². The van der Waals surface area contributed by atoms with Crippen molar-refractivity contribution in [3.63, 3.8) is 0 Å². The molecule has 2 heterocycles. The number of rotatable bonds is 4. The highest BCUT2D eigenvalue weighted by atomic mass is 16.7. The number of aliphatic hydroxyl groups excluding tert-OH is 2. The molecule has 4 fully saturated rings. The van der Waals surface area contributed by atoms with Crippen molar-refractivity contribution in [1.82, 2.24) is 0 Å². The highest BCUT2D eigenvalue weighted by Crippen LogP contribution is 2.73. The molecule has 0 aromatic rings. The van der Waals surface area contributed by atoms with Crippen LogP contribution in [0.5, 0.6) is 0 Å². The van der Waals surface area contributed by atoms with E-state index in [2.05, 4.69) is 0 Å². The molecule has 2 bridgehead atoms. The zero-order valence-corrected chi connectivity index (χ0v) is 22.4. The standard InChI is InChI=1S/C27H36O11/c1-7-24(5,38-13(4)28)23(33)37-18-17-12(3)19(30)27(34)22-25(6)14(11(2)8-15(29)20(25)31)9-16(36-21(18)32)26(17,22)10-35-27/h8,12,14,16-20,22,30-31,34H,7,9-10H2,1-6H3/t12-,14+,16-,17-,18-,19-,20-,22?,24-,25-,26+,27+/m1/s1. The number of fused-ring (bicyclic) bond motifs is 1. The fourth-order valence-electron chi connectivity index (χ4n) is 8.55. The predicted octanol–water partition coefficient (Wildman–Crippen LogP) is 0.420. The first-order chi connectivity index (χ1) is 17.6. The van der Waals surface area contributed by atoms with Crippen molar-refractivity contribution >= 4 is 23.7 Å². The van der Waals surface area contributed by atoms with Crippen molar-refractivity contribution < 1.29 is 53.4 Å². The van der Waals surface area contributed by atoms with E-state index in [1.54, 1.807) is 27.7 Å². The van der Waals surface area contributed by atoms with Gasteiger partial charge in [0.2, 0.25) is 11.7 Å². The Morgan fingerprint density at radius 2 is 1.92 bits per heavy atom. The molecule has 2 saturated heterocycles. The third-order valence-electron chi connectivity index (χ3n) is 10.3. The third kappa shape index (κ3) is 3.16. The molecule has 1 unspecified atom stereocenters. The summed E-state index contributed by atoms with van der Waals surface area (Å²) in [7, 11) is 0. The first-order valence-electron chi connectivity index (χ1n) is 13.1. The molecule has 0 radical (unpaired) electrons. The van der Waals surface area contributed by atoms with Crippen LogP contribution in [-0.4, -0.2) is 81.4 Å². The molecule has 210 valence electrons. The molecular formula is C27H36O11. The van der Waals surface area contributed by atoms with Crippen LogP contribution in [0.25, 0.3) is 0 Å². The molecule has 2 aliphatic heterocycles. The van der Waals surface area contributed by atoms with Gasteiger partial charge in [0, 0.05) is 29.6 Å². The molecule has 3 aliphatic carbocycles. The van der Waals surface area contributed by atoms with Crippen LogP contribution in [0.2, 0.25) is 0 Å². The summed E-state index contributed by atoms with van der Waals surface area (Å²) in [6.45, 7) is 9.12. The van der Waals surface area contributed by atoms with Crippen LogP contribution in [0.4, 0.5) is 0 Å². The van der Waals surface area contributed by atoms with Crippen molar-refractivity contribution in [2.45, 2.75) is 90.2 Å². The average Bonchev–Trinajstić information content (AvgIpc) is 3.13. The van der Waals surface area contributed by atoms with Crippen LogP contribution < -0.4 is 0 Å². The molecule has 11 nitrogen and oxygen atoms in total. The minimum absolute atomic E-state index is 0.0783. The predicted molar refractivity (Wildman–Crippen MR) is 127 cm³/mol. The zero-order chi connectivity index (χ0) is 28.2. The molecule has 5 rings (SSSR count). The van der Waals surface area contributed by atoms with Gasteiger partial charge in [0.05, 0.1) is 6.61 Å². The normalized spacial score (nSPS) is 48.6. The summed E-state index contributed by atoms with van der Waals surface area (Å²) in [5.74, 6) is -8.29. The van der Waals surface area contributed by atoms with E-state index >= 15 is 0 Å². The quantitative estimate of drug-likeness (QED) is 0.337. The Balaban J connectivity index is 1.64. The van der Waals surface area contributed by atoms with Gasteiger partial charge in [0.25, 0.3) is 0 Å². The van der Waals surface area contributed by atoms with Gasteiger partial charge in [-0.05, 0) is 44.6 Å². The molecule has 3 N–H and O–H groups in total. The molecule has 0 aromatic carbocycles. The number of ketones is 1. The SMILES string of the molecule is CC[C@@](C)(OC(C)=O)C(=O)O[C@H]1C(=O)O[C@@H]2C[C@H]3C(C)=CC(=O)[C@@H](O)[C@]3(C)C3[C@@]24CO[C@@]3(O)[C@H](O)[C@H](C)[C@H]14. The number of carbonyl (C=O) groups excluding carboxylic acids is 4. The van der Waals surface area contributed by atoms with E-state index in [1.165, 1.54) is 13.0 Å². The smallest absolute Gasteiger partial charge is 0.351 e. The maximum absolute atomic E-state index is 13.5. The first-order valence-corrected chi connectivity index (χ1v) is 13.1. The van der Waals surface area contributed by atoms with Gasteiger partial charge in [-0.3, -0.25) is 9.59 Å². The summed E-state index contributed by atoms with van der Waals surface area (Å²) in [5.41, 5.74) is -3.44. The van der Waals surface area contributed by atoms with Gasteiger partial charge in [-0.25, -0.2) is 9.59 Å². The molecule has 2 saturated carbocycles. The van der Waals surface area contributed by atoms with Crippen molar-refractivity contribution in [2.24, 2.45) is 34.5 Å². The van der Waals surface area contributed by atoms with Gasteiger partial charge in [0.15, 0.2) is 11.6 Å². The van der Waals surface area contributed by atoms with Gasteiger partial charge in [0.1, 0.15) is 18.3 Å². The van der Waals surface area contributed by atoms with E-state index < -0.39 is 94.0 Å². The third-order valence-corrected chi connectivity index (χ3v) is 10.3. The molecule has 11 heteroatoms. The molecule has 0 aromatic heterocycles. The van der Waals surface area contributed by atoms with Gasteiger partial charge in [-0.2, -0.15) is 0 Å². The summed E-state index contributed by atoms with van der Waals surface area (Å²) in [6.07, 6.45) is -3.63. The van der Waals surface area contributed by atoms with E-state index in [9.17, 15) is 34.5 Å². The molecule has 5 aliphatic rings. The fraction of sp³-hybridized carbons (Fsp3) is 0.778. The molecular weight excluding hydrogens is 500 g/mol. The van der Waals surface area contributed by atoms with Crippen LogP contribution in [0.1, 0.15) is 54.4 Å². The average molecular weight is 537 g/mol. The Kier molecular flexibility index (Phi) is 5.97. The number of carbonyl (C=O) groups is 4. The van der Waals surface area contributed by atoms with E-state index in [-0.39, 0.29) is 19.4 Å². The Bertz CT molecular complexity index is 1130. The van der Waals surface area contributed by atoms with Crippen LogP contribution in [0.3, 0.4) is 0 Å². The van der Waals surface area contributed by atoms with Crippen LogP contribution in [0, 0.1) is 34.5 Å². The topological polar surface area (TPSA) is 166 Å². The molecule has 1 spiro atoms. The van der Waals surface area contributed by atoms with Crippen LogP contribution >= 0.6 is 0 Å². The lowest BCUT2D eigenvalue weighted by Crippen LogP contribution is -2.78. The number of aliphatic hydroxyl groups is 3. The van der Waals surface area contributed by atoms with Crippen molar-refractivity contribution in [2.75, 3.05) is 6.61 Å². The summed E-state index contributed by atoms with van der Waals surface area (Å²) in [5, 5.41) is 34.6. The minimum Gasteiger partial charge on any atom is -0.459 e. The highest BCUT2D eigenvalue weighted by Gasteiger charge is 2.83. The Morgan fingerprint density at radius 1 is 1.26 bits per heavy atom. The Hall–Kier alpha value is -2.34. The van der Waals surface area contributed by atoms with Crippen LogP contribution in [-0.2, 0) is 38.1 Å². The highest BCUT2D eigenvalue weighted by molar-refractivity contribution is 5.96. The van der Waals surface area contributed by atoms with Gasteiger partial charge >= 0.3 is 17.9 Å². The molecule has 0 amide bonds. The van der Waals surface area contributed by atoms with Gasteiger partial charge < -0.3 is 34.3 Å². The number of ether oxygens (including phenoxy) is 4. The summed E-state index contributed by atoms with van der Waals surface area (Å²) in [4.78, 5) is 51.3. The maximum Gasteiger partial charge on any atom is 0.351 e. The van der Waals surface area contributed by atoms with Crippen LogP contribution in [0.15, 0.2) is 11.6 Å². The maximum atomic E-state index is 13.5. The lowest BCUT2D eigenvalue weighted by atomic mass is 9.38. The monoisotopic (exact) mass is 536 g/mol. The van der Waals surface area contributed by atoms with E-state index in [0.717, 1.165) is 6.92 Å². The largest absolute Gasteiger partial charge is 0.459 e. The lowest BCUT2D eigenvalue weighted by molar-refractivity contribution is -0.340. The van der Waals surface area contributed by atoms with Crippen molar-refractivity contribution in [1.29, 1.82) is 0 Å². The van der Waals surface area contributed by atoms with Gasteiger partial charge in [-0.1, -0.05) is 26.3 Å². The van der Waals surface area contributed by atoms with Crippen molar-refractivity contribution in [3.05, 3.63) is 11.6 Å². The molecule has 12 atom stereocenters. The second kappa shape index (κ2) is 8.33. The summed E-state index contributed by atoms with van der Waals surface area (Å²) < 4.78 is 22.9. The van der Waals surface area contributed by atoms with Crippen molar-refractivity contribution in [3.8, 4) is 0 Å². The van der Waals surface area contributed by atoms with E-state index in [1.807, 2.05) is 0 Å². The Labute approximate surface area is 220 Å². The second-order valence-corrected chi connectivity index (χ2v) is 12.2. The number of hydrogen-bond acceptors (Lipinski definition) is 11. The first kappa shape index (κ1) is 27.2. The summed E-state index contributed by atoms with van der Waals surface area (Å²) in [6, 6.07) is 0. The van der Waals surface area contributed by atoms with E-state index in [0.29, 0.717) is 5.57 Å². The molecule has 38 heavy (non-hydrogen) atoms. The Morgan fingerprint density at radius 3 is 2.53 bits per heavy atom. The number of hydrogen-bond donors (Lipinski definition) is 3. The second-order valence-electron chi connectivity index (χ2n) is 12.2. The number of allylic oxidation sites excluding steroid dienone is 1. The fourth-order valence-corrected chi connectivity index (χ4v) is 8.55.